The van der Waals surface area contributed by atoms with Crippen molar-refractivity contribution >= 4 is 32.1 Å². The largest absolute Gasteiger partial charge is 0.487 e. The van der Waals surface area contributed by atoms with Crippen LogP contribution in [0.25, 0.3) is 9.40 Å². The molecule has 0 bridgehead atoms. The fraction of sp³-hybridized carbons (Fsp3) is 0.462. The third-order valence-electron chi connectivity index (χ3n) is 2.78. The number of methoxy groups -OCH3 is 1. The molecule has 0 fully saturated rings. The van der Waals surface area contributed by atoms with Gasteiger partial charge in [-0.1, -0.05) is 25.2 Å². The van der Waals surface area contributed by atoms with Crippen molar-refractivity contribution in [2.24, 2.45) is 0 Å². The zero-order valence-corrected chi connectivity index (χ0v) is 11.6. The second-order valence-electron chi connectivity index (χ2n) is 4.03. The van der Waals surface area contributed by atoms with Crippen LogP contribution in [-0.2, 0) is 0 Å². The minimum absolute atomic E-state index is 0.673. The Balaban J connectivity index is 2.16. The van der Waals surface area contributed by atoms with Gasteiger partial charge in [0.2, 0.25) is 0 Å². The van der Waals surface area contributed by atoms with E-state index in [1.807, 2.05) is 11.3 Å². The van der Waals surface area contributed by atoms with Gasteiger partial charge >= 0.3 is 0 Å². The number of rotatable bonds is 5. The summed E-state index contributed by atoms with van der Waals surface area (Å²) in [7, 11) is 1.73. The van der Waals surface area contributed by atoms with Crippen LogP contribution in [0.1, 0.15) is 37.5 Å². The molecule has 0 saturated heterocycles. The van der Waals surface area contributed by atoms with Crippen LogP contribution in [0.5, 0.6) is 5.06 Å². The van der Waals surface area contributed by atoms with Gasteiger partial charge in [-0.2, -0.15) is 0 Å². The minimum Gasteiger partial charge on any atom is -0.487 e. The van der Waals surface area contributed by atoms with Gasteiger partial charge in [0.25, 0.3) is 0 Å². The molecule has 0 saturated carbocycles. The lowest BCUT2D eigenvalue weighted by molar-refractivity contribution is 0.427. The topological polar surface area (TPSA) is 9.23 Å². The fourth-order valence-electron chi connectivity index (χ4n) is 1.73. The molecule has 0 aliphatic carbocycles. The van der Waals surface area contributed by atoms with Crippen LogP contribution in [0.2, 0.25) is 0 Å². The van der Waals surface area contributed by atoms with Crippen LogP contribution >= 0.6 is 22.7 Å². The summed E-state index contributed by atoms with van der Waals surface area (Å²) in [6, 6.07) is 4.47. The van der Waals surface area contributed by atoms with E-state index in [4.69, 9.17) is 4.74 Å². The molecule has 1 unspecified atom stereocenters. The van der Waals surface area contributed by atoms with E-state index in [0.29, 0.717) is 5.92 Å². The van der Waals surface area contributed by atoms with Crippen molar-refractivity contribution in [3.63, 3.8) is 0 Å². The lowest BCUT2D eigenvalue weighted by Gasteiger charge is -2.06. The lowest BCUT2D eigenvalue weighted by Crippen LogP contribution is -1.89. The van der Waals surface area contributed by atoms with Gasteiger partial charge in [0.05, 0.1) is 7.11 Å². The molecule has 1 atom stereocenters. The van der Waals surface area contributed by atoms with E-state index < -0.39 is 0 Å². The summed E-state index contributed by atoms with van der Waals surface area (Å²) >= 11 is 3.65. The highest BCUT2D eigenvalue weighted by Crippen LogP contribution is 2.40. The molecule has 0 aromatic carbocycles. The van der Waals surface area contributed by atoms with Gasteiger partial charge in [-0.15, -0.1) is 11.3 Å². The van der Waals surface area contributed by atoms with Gasteiger partial charge in [0.1, 0.15) is 0 Å². The molecular formula is C13H17OS2. The quantitative estimate of drug-likeness (QED) is 0.722. The standard InChI is InChI=1S/C13H17OS2/c1-4-5-6-9(2)10-7-11-12(15-10)8-13(14-3)16-11/h4,7-9H,5-6H2,1-3H3. The number of thiophene rings is 2. The predicted molar refractivity (Wildman–Crippen MR) is 73.9 cm³/mol. The van der Waals surface area contributed by atoms with Crippen molar-refractivity contribution in [1.29, 1.82) is 0 Å². The highest BCUT2D eigenvalue weighted by molar-refractivity contribution is 7.28. The number of fused-ring (bicyclic) bond motifs is 1. The molecule has 3 heteroatoms. The fourth-order valence-corrected chi connectivity index (χ4v) is 4.03. The molecule has 0 spiro atoms. The zero-order valence-electron chi connectivity index (χ0n) is 9.95. The average molecular weight is 253 g/mol. The van der Waals surface area contributed by atoms with Crippen LogP contribution in [0.3, 0.4) is 0 Å². The van der Waals surface area contributed by atoms with Crippen molar-refractivity contribution in [3.05, 3.63) is 23.4 Å². The SMILES string of the molecule is C[CH]CCC(C)c1cc2sc(OC)cc2s1. The van der Waals surface area contributed by atoms with E-state index in [2.05, 4.69) is 32.4 Å². The van der Waals surface area contributed by atoms with E-state index in [0.717, 1.165) is 5.06 Å². The van der Waals surface area contributed by atoms with Crippen molar-refractivity contribution in [3.8, 4) is 5.06 Å². The van der Waals surface area contributed by atoms with E-state index >= 15 is 0 Å². The first-order valence-corrected chi connectivity index (χ1v) is 7.23. The van der Waals surface area contributed by atoms with Crippen molar-refractivity contribution in [1.82, 2.24) is 0 Å². The first-order valence-electron chi connectivity index (χ1n) is 5.59. The van der Waals surface area contributed by atoms with Gasteiger partial charge in [-0.05, 0) is 31.2 Å². The van der Waals surface area contributed by atoms with Crippen molar-refractivity contribution in [2.45, 2.75) is 32.6 Å². The monoisotopic (exact) mass is 253 g/mol. The summed E-state index contributed by atoms with van der Waals surface area (Å²) in [6.45, 7) is 4.45. The van der Waals surface area contributed by atoms with E-state index in [1.54, 1.807) is 18.4 Å². The Morgan fingerprint density at radius 1 is 1.31 bits per heavy atom. The smallest absolute Gasteiger partial charge is 0.175 e. The Kier molecular flexibility index (Phi) is 3.87. The number of hydrogen-bond donors (Lipinski definition) is 0. The third-order valence-corrected chi connectivity index (χ3v) is 5.26. The van der Waals surface area contributed by atoms with E-state index in [-0.39, 0.29) is 0 Å². The molecule has 2 aromatic heterocycles. The van der Waals surface area contributed by atoms with Crippen LogP contribution in [0.15, 0.2) is 12.1 Å². The maximum Gasteiger partial charge on any atom is 0.175 e. The molecular weight excluding hydrogens is 236 g/mol. The Bertz CT molecular complexity index is 424. The molecule has 16 heavy (non-hydrogen) atoms. The summed E-state index contributed by atoms with van der Waals surface area (Å²) in [5.74, 6) is 0.673. The maximum atomic E-state index is 5.24. The van der Waals surface area contributed by atoms with Crippen LogP contribution in [0.4, 0.5) is 0 Å². The van der Waals surface area contributed by atoms with Crippen LogP contribution in [-0.4, -0.2) is 7.11 Å². The van der Waals surface area contributed by atoms with E-state index in [1.165, 1.54) is 27.1 Å². The van der Waals surface area contributed by atoms with Crippen LogP contribution < -0.4 is 4.74 Å². The van der Waals surface area contributed by atoms with E-state index in [9.17, 15) is 0 Å². The first kappa shape index (κ1) is 11.9. The number of hydrogen-bond acceptors (Lipinski definition) is 3. The molecule has 2 heterocycles. The summed E-state index contributed by atoms with van der Waals surface area (Å²) in [5, 5.41) is 1.02. The molecule has 0 aliphatic rings. The summed E-state index contributed by atoms with van der Waals surface area (Å²) in [4.78, 5) is 1.51. The van der Waals surface area contributed by atoms with Crippen molar-refractivity contribution < 1.29 is 4.74 Å². The highest BCUT2D eigenvalue weighted by Gasteiger charge is 2.11. The van der Waals surface area contributed by atoms with Gasteiger partial charge < -0.3 is 4.74 Å². The predicted octanol–water partition coefficient (Wildman–Crippen LogP) is 5.08. The normalized spacial score (nSPS) is 13.2. The van der Waals surface area contributed by atoms with Gasteiger partial charge in [0, 0.05) is 20.3 Å². The molecule has 0 amide bonds. The molecule has 2 rings (SSSR count). The second-order valence-corrected chi connectivity index (χ2v) is 6.20. The molecule has 1 radical (unpaired) electrons. The molecule has 87 valence electrons. The second kappa shape index (κ2) is 5.19. The number of unbranched alkanes of at least 4 members (excludes halogenated alkanes) is 1. The first-order chi connectivity index (χ1) is 7.74. The summed E-state index contributed by atoms with van der Waals surface area (Å²) in [6.07, 6.45) is 4.70. The van der Waals surface area contributed by atoms with Gasteiger partial charge in [-0.25, -0.2) is 0 Å². The lowest BCUT2D eigenvalue weighted by atomic mass is 10.0. The molecule has 0 aliphatic heterocycles. The summed E-state index contributed by atoms with van der Waals surface area (Å²) in [5.41, 5.74) is 0. The van der Waals surface area contributed by atoms with Crippen LogP contribution in [0, 0.1) is 6.42 Å². The summed E-state index contributed by atoms with van der Waals surface area (Å²) < 4.78 is 7.97. The Morgan fingerprint density at radius 2 is 2.06 bits per heavy atom. The average Bonchev–Trinajstić information content (AvgIpc) is 2.82. The molecule has 1 nitrogen and oxygen atoms in total. The molecule has 2 aromatic rings. The van der Waals surface area contributed by atoms with Gasteiger partial charge in [-0.3, -0.25) is 0 Å². The Labute approximate surface area is 105 Å². The van der Waals surface area contributed by atoms with Crippen molar-refractivity contribution in [2.75, 3.05) is 7.11 Å². The number of ether oxygens (including phenoxy) is 1. The maximum absolute atomic E-state index is 5.24. The van der Waals surface area contributed by atoms with Gasteiger partial charge in [0.15, 0.2) is 5.06 Å². The molecule has 0 N–H and O–H groups in total. The minimum atomic E-state index is 0.673. The Hall–Kier alpha value is -0.540. The zero-order chi connectivity index (χ0) is 11.5. The Morgan fingerprint density at radius 3 is 2.69 bits per heavy atom. The third kappa shape index (κ3) is 2.41. The highest BCUT2D eigenvalue weighted by atomic mass is 32.1.